The highest BCUT2D eigenvalue weighted by Gasteiger charge is 2.18. The Morgan fingerprint density at radius 3 is 2.74 bits per heavy atom. The SMILES string of the molecule is CNCc1c(OCC2CCC2)ccc2ccccc12. The first-order valence-electron chi connectivity index (χ1n) is 7.16. The minimum absolute atomic E-state index is 0.772. The van der Waals surface area contributed by atoms with Crippen LogP contribution in [0.25, 0.3) is 10.8 Å². The molecule has 0 amide bonds. The van der Waals surface area contributed by atoms with Gasteiger partial charge in [-0.05, 0) is 42.6 Å². The van der Waals surface area contributed by atoms with Crippen molar-refractivity contribution in [3.63, 3.8) is 0 Å². The average molecular weight is 255 g/mol. The topological polar surface area (TPSA) is 21.3 Å². The quantitative estimate of drug-likeness (QED) is 0.878. The molecule has 2 heteroatoms. The van der Waals surface area contributed by atoms with Gasteiger partial charge in [-0.1, -0.05) is 36.8 Å². The van der Waals surface area contributed by atoms with Crippen LogP contribution in [0.4, 0.5) is 0 Å². The van der Waals surface area contributed by atoms with Gasteiger partial charge in [0.25, 0.3) is 0 Å². The number of hydrogen-bond donors (Lipinski definition) is 1. The molecule has 0 atom stereocenters. The highest BCUT2D eigenvalue weighted by molar-refractivity contribution is 5.87. The lowest BCUT2D eigenvalue weighted by Gasteiger charge is -2.26. The molecule has 0 aliphatic heterocycles. The molecule has 0 unspecified atom stereocenters. The van der Waals surface area contributed by atoms with Crippen LogP contribution in [-0.4, -0.2) is 13.7 Å². The molecule has 1 aliphatic rings. The summed E-state index contributed by atoms with van der Waals surface area (Å²) in [6.45, 7) is 1.72. The van der Waals surface area contributed by atoms with Crippen LogP contribution >= 0.6 is 0 Å². The summed E-state index contributed by atoms with van der Waals surface area (Å²) in [5.41, 5.74) is 1.28. The standard InChI is InChI=1S/C17H21NO/c1-18-11-16-15-8-3-2-7-14(15)9-10-17(16)19-12-13-5-4-6-13/h2-3,7-10,13,18H,4-6,11-12H2,1H3. The summed E-state index contributed by atoms with van der Waals surface area (Å²) in [4.78, 5) is 0. The number of nitrogens with one attached hydrogen (secondary N) is 1. The van der Waals surface area contributed by atoms with Crippen LogP contribution in [0.5, 0.6) is 5.75 Å². The number of rotatable bonds is 5. The van der Waals surface area contributed by atoms with Crippen LogP contribution in [0.3, 0.4) is 0 Å². The monoisotopic (exact) mass is 255 g/mol. The van der Waals surface area contributed by atoms with Gasteiger partial charge < -0.3 is 10.1 Å². The minimum Gasteiger partial charge on any atom is -0.493 e. The molecule has 1 aliphatic carbocycles. The van der Waals surface area contributed by atoms with E-state index in [4.69, 9.17) is 4.74 Å². The van der Waals surface area contributed by atoms with Gasteiger partial charge in [-0.3, -0.25) is 0 Å². The van der Waals surface area contributed by atoms with Crippen LogP contribution in [0.1, 0.15) is 24.8 Å². The second-order valence-corrected chi connectivity index (χ2v) is 5.40. The normalized spacial score (nSPS) is 15.4. The lowest BCUT2D eigenvalue weighted by Crippen LogP contribution is -2.20. The zero-order valence-electron chi connectivity index (χ0n) is 11.5. The van der Waals surface area contributed by atoms with Crippen LogP contribution in [0.2, 0.25) is 0 Å². The van der Waals surface area contributed by atoms with Crippen molar-refractivity contribution < 1.29 is 4.74 Å². The summed E-state index contributed by atoms with van der Waals surface area (Å²) < 4.78 is 6.06. The summed E-state index contributed by atoms with van der Waals surface area (Å²) in [5, 5.41) is 5.83. The summed E-state index contributed by atoms with van der Waals surface area (Å²) in [6.07, 6.45) is 4.03. The number of ether oxygens (including phenoxy) is 1. The molecule has 0 bridgehead atoms. The van der Waals surface area contributed by atoms with E-state index in [2.05, 4.69) is 41.7 Å². The lowest BCUT2D eigenvalue weighted by molar-refractivity contribution is 0.179. The smallest absolute Gasteiger partial charge is 0.124 e. The first-order chi connectivity index (χ1) is 9.38. The fourth-order valence-electron chi connectivity index (χ4n) is 2.68. The van der Waals surface area contributed by atoms with Crippen LogP contribution in [-0.2, 0) is 6.54 Å². The summed E-state index contributed by atoms with van der Waals surface area (Å²) in [7, 11) is 1.98. The maximum Gasteiger partial charge on any atom is 0.124 e. The maximum atomic E-state index is 6.06. The molecule has 0 radical (unpaired) electrons. The van der Waals surface area contributed by atoms with Gasteiger partial charge in [0.15, 0.2) is 0 Å². The molecule has 2 aromatic rings. The van der Waals surface area contributed by atoms with Gasteiger partial charge in [0, 0.05) is 12.1 Å². The highest BCUT2D eigenvalue weighted by Crippen LogP contribution is 2.31. The molecule has 19 heavy (non-hydrogen) atoms. The largest absolute Gasteiger partial charge is 0.493 e. The third-order valence-corrected chi connectivity index (χ3v) is 4.05. The van der Waals surface area contributed by atoms with Gasteiger partial charge >= 0.3 is 0 Å². The van der Waals surface area contributed by atoms with E-state index in [1.807, 2.05) is 7.05 Å². The van der Waals surface area contributed by atoms with E-state index in [0.717, 1.165) is 24.8 Å². The summed E-state index contributed by atoms with van der Waals surface area (Å²) in [6, 6.07) is 12.8. The summed E-state index contributed by atoms with van der Waals surface area (Å²) in [5.74, 6) is 1.81. The fourth-order valence-corrected chi connectivity index (χ4v) is 2.68. The zero-order valence-corrected chi connectivity index (χ0v) is 11.5. The summed E-state index contributed by atoms with van der Waals surface area (Å²) >= 11 is 0. The van der Waals surface area contributed by atoms with Gasteiger partial charge in [-0.15, -0.1) is 0 Å². The Morgan fingerprint density at radius 1 is 1.16 bits per heavy atom. The third-order valence-electron chi connectivity index (χ3n) is 4.05. The van der Waals surface area contributed by atoms with Gasteiger partial charge in [0.1, 0.15) is 5.75 Å². The molecule has 0 spiro atoms. The highest BCUT2D eigenvalue weighted by atomic mass is 16.5. The van der Waals surface area contributed by atoms with E-state index < -0.39 is 0 Å². The first-order valence-corrected chi connectivity index (χ1v) is 7.16. The van der Waals surface area contributed by atoms with Crippen molar-refractivity contribution in [3.8, 4) is 5.75 Å². The van der Waals surface area contributed by atoms with E-state index in [1.54, 1.807) is 0 Å². The van der Waals surface area contributed by atoms with Gasteiger partial charge in [-0.2, -0.15) is 0 Å². The van der Waals surface area contributed by atoms with Crippen LogP contribution < -0.4 is 10.1 Å². The number of fused-ring (bicyclic) bond motifs is 1. The molecule has 3 rings (SSSR count). The predicted molar refractivity (Wildman–Crippen MR) is 79.5 cm³/mol. The van der Waals surface area contributed by atoms with E-state index in [-0.39, 0.29) is 0 Å². The molecule has 0 saturated heterocycles. The van der Waals surface area contributed by atoms with Crippen LogP contribution in [0.15, 0.2) is 36.4 Å². The van der Waals surface area contributed by atoms with Gasteiger partial charge in [0.2, 0.25) is 0 Å². The third kappa shape index (κ3) is 2.59. The first kappa shape index (κ1) is 12.5. The van der Waals surface area contributed by atoms with Crippen LogP contribution in [0, 0.1) is 5.92 Å². The van der Waals surface area contributed by atoms with Crippen molar-refractivity contribution in [2.75, 3.05) is 13.7 Å². The molecule has 2 aromatic carbocycles. The van der Waals surface area contributed by atoms with Crippen molar-refractivity contribution in [2.24, 2.45) is 5.92 Å². The molecule has 0 aromatic heterocycles. The Labute approximate surface area is 114 Å². The van der Waals surface area contributed by atoms with E-state index in [9.17, 15) is 0 Å². The van der Waals surface area contributed by atoms with Crippen molar-refractivity contribution in [3.05, 3.63) is 42.0 Å². The molecular weight excluding hydrogens is 234 g/mol. The molecule has 100 valence electrons. The van der Waals surface area contributed by atoms with E-state index >= 15 is 0 Å². The maximum absolute atomic E-state index is 6.06. The van der Waals surface area contributed by atoms with Gasteiger partial charge in [-0.25, -0.2) is 0 Å². The van der Waals surface area contributed by atoms with E-state index in [0.29, 0.717) is 0 Å². The second-order valence-electron chi connectivity index (χ2n) is 5.40. The van der Waals surface area contributed by atoms with Crippen molar-refractivity contribution >= 4 is 10.8 Å². The minimum atomic E-state index is 0.772. The number of benzene rings is 2. The Morgan fingerprint density at radius 2 is 2.00 bits per heavy atom. The van der Waals surface area contributed by atoms with E-state index in [1.165, 1.54) is 35.6 Å². The molecule has 0 heterocycles. The van der Waals surface area contributed by atoms with Gasteiger partial charge in [0.05, 0.1) is 6.61 Å². The van der Waals surface area contributed by atoms with Crippen molar-refractivity contribution in [1.29, 1.82) is 0 Å². The molecule has 1 fully saturated rings. The Bertz CT molecular complexity index is 560. The molecule has 1 saturated carbocycles. The Kier molecular flexibility index (Phi) is 3.69. The average Bonchev–Trinajstić information content (AvgIpc) is 2.39. The zero-order chi connectivity index (χ0) is 13.1. The predicted octanol–water partition coefficient (Wildman–Crippen LogP) is 3.74. The fraction of sp³-hybridized carbons (Fsp3) is 0.412. The molecule has 1 N–H and O–H groups in total. The van der Waals surface area contributed by atoms with Crippen molar-refractivity contribution in [2.45, 2.75) is 25.8 Å². The van der Waals surface area contributed by atoms with Crippen molar-refractivity contribution in [1.82, 2.24) is 5.32 Å². The molecular formula is C17H21NO. The lowest BCUT2D eigenvalue weighted by atomic mass is 9.86. The Balaban J connectivity index is 1.90. The number of hydrogen-bond acceptors (Lipinski definition) is 2. The molecule has 2 nitrogen and oxygen atoms in total. The Hall–Kier alpha value is -1.54. The second kappa shape index (κ2) is 5.62.